The van der Waals surface area contributed by atoms with Crippen LogP contribution in [0.25, 0.3) is 0 Å². The van der Waals surface area contributed by atoms with Gasteiger partial charge in [0.1, 0.15) is 5.76 Å². The van der Waals surface area contributed by atoms with E-state index in [0.717, 1.165) is 18.2 Å². The van der Waals surface area contributed by atoms with Gasteiger partial charge in [-0.3, -0.25) is 19.7 Å². The van der Waals surface area contributed by atoms with Crippen LogP contribution in [0.4, 0.5) is 24.5 Å². The van der Waals surface area contributed by atoms with Crippen LogP contribution < -0.4 is 10.7 Å². The smallest absolute Gasteiger partial charge is 0.416 e. The molecule has 198 valence electrons. The summed E-state index contributed by atoms with van der Waals surface area (Å²) in [5, 5.41) is 17.3. The highest BCUT2D eigenvalue weighted by atomic mass is 35.5. The van der Waals surface area contributed by atoms with Crippen molar-refractivity contribution in [3.8, 4) is 0 Å². The number of benzene rings is 2. The number of anilines is 1. The first-order valence-corrected chi connectivity index (χ1v) is 11.7. The minimum absolute atomic E-state index is 0.0581. The molecule has 0 aliphatic heterocycles. The maximum absolute atomic E-state index is 13.1. The van der Waals surface area contributed by atoms with Gasteiger partial charge in [0.2, 0.25) is 5.91 Å². The van der Waals surface area contributed by atoms with Crippen molar-refractivity contribution >= 4 is 40.5 Å². The fraction of sp³-hybridized carbons (Fsp3) is 0.240. The number of aryl methyl sites for hydroxylation is 1. The maximum Gasteiger partial charge on any atom is 0.416 e. The van der Waals surface area contributed by atoms with E-state index < -0.39 is 28.5 Å². The molecule has 9 nitrogen and oxygen atoms in total. The van der Waals surface area contributed by atoms with E-state index in [1.807, 2.05) is 0 Å². The SMILES string of the molecule is Cc1c(C(=O)Nc2cc(C(F)(F)F)ccc2Cl)oc2c1/C(=N/NC(=O)Cc1ccc([N+](=O)[O-])cc1)CCC2. The summed E-state index contributed by atoms with van der Waals surface area (Å²) in [6, 6.07) is 8.16. The molecule has 0 spiro atoms. The zero-order valence-electron chi connectivity index (χ0n) is 19.8. The van der Waals surface area contributed by atoms with Crippen molar-refractivity contribution in [2.24, 2.45) is 5.10 Å². The number of nitrogens with one attached hydrogen (secondary N) is 2. The van der Waals surface area contributed by atoms with E-state index in [2.05, 4.69) is 15.8 Å². The number of non-ortho nitro benzene ring substituents is 1. The average molecular weight is 549 g/mol. The van der Waals surface area contributed by atoms with Crippen molar-refractivity contribution in [3.63, 3.8) is 0 Å². The van der Waals surface area contributed by atoms with Gasteiger partial charge >= 0.3 is 6.18 Å². The number of hydrogen-bond donors (Lipinski definition) is 2. The predicted octanol–water partition coefficient (Wildman–Crippen LogP) is 5.82. The Kier molecular flexibility index (Phi) is 7.53. The van der Waals surface area contributed by atoms with Crippen molar-refractivity contribution in [2.45, 2.75) is 38.8 Å². The number of fused-ring (bicyclic) bond motifs is 1. The lowest BCUT2D eigenvalue weighted by Gasteiger charge is -2.13. The minimum atomic E-state index is -4.61. The molecule has 4 rings (SSSR count). The second-order valence-corrected chi connectivity index (χ2v) is 8.96. The number of amides is 2. The van der Waals surface area contributed by atoms with Crippen LogP contribution in [-0.2, 0) is 23.8 Å². The first kappa shape index (κ1) is 26.9. The van der Waals surface area contributed by atoms with Gasteiger partial charge in [-0.25, -0.2) is 5.43 Å². The lowest BCUT2D eigenvalue weighted by molar-refractivity contribution is -0.384. The van der Waals surface area contributed by atoms with E-state index in [1.165, 1.54) is 24.3 Å². The number of nitro groups is 1. The van der Waals surface area contributed by atoms with E-state index in [9.17, 15) is 32.9 Å². The van der Waals surface area contributed by atoms with Crippen LogP contribution in [0.3, 0.4) is 0 Å². The summed E-state index contributed by atoms with van der Waals surface area (Å²) in [6.07, 6.45) is -3.04. The maximum atomic E-state index is 13.1. The van der Waals surface area contributed by atoms with Crippen molar-refractivity contribution in [3.05, 3.63) is 91.4 Å². The van der Waals surface area contributed by atoms with Crippen LogP contribution in [0.1, 0.15) is 51.4 Å². The number of hydrogen-bond acceptors (Lipinski definition) is 6. The lowest BCUT2D eigenvalue weighted by atomic mass is 9.93. The highest BCUT2D eigenvalue weighted by Crippen LogP contribution is 2.35. The van der Waals surface area contributed by atoms with Crippen LogP contribution in [0, 0.1) is 17.0 Å². The number of furan rings is 1. The number of rotatable bonds is 6. The number of halogens is 4. The van der Waals surface area contributed by atoms with E-state index in [0.29, 0.717) is 47.4 Å². The molecule has 0 unspecified atom stereocenters. The van der Waals surface area contributed by atoms with Crippen LogP contribution >= 0.6 is 11.6 Å². The summed E-state index contributed by atoms with van der Waals surface area (Å²) < 4.78 is 45.0. The third-order valence-corrected chi connectivity index (χ3v) is 6.23. The number of alkyl halides is 3. The fourth-order valence-electron chi connectivity index (χ4n) is 4.06. The monoisotopic (exact) mass is 548 g/mol. The van der Waals surface area contributed by atoms with Gasteiger partial charge in [0, 0.05) is 29.7 Å². The number of hydrazone groups is 1. The Bertz CT molecular complexity index is 1450. The number of carbonyl (C=O) groups is 2. The lowest BCUT2D eigenvalue weighted by Crippen LogP contribution is -2.23. The molecular weight excluding hydrogens is 529 g/mol. The van der Waals surface area contributed by atoms with Gasteiger partial charge in [-0.05, 0) is 43.5 Å². The Balaban J connectivity index is 1.50. The number of nitro benzene ring substituents is 1. The molecule has 3 aromatic rings. The van der Waals surface area contributed by atoms with Gasteiger partial charge in [-0.2, -0.15) is 18.3 Å². The molecular formula is C25H20ClF3N4O5. The van der Waals surface area contributed by atoms with E-state index in [1.54, 1.807) is 6.92 Å². The summed E-state index contributed by atoms with van der Waals surface area (Å²) in [4.78, 5) is 35.5. The summed E-state index contributed by atoms with van der Waals surface area (Å²) in [5.74, 6) is -0.857. The van der Waals surface area contributed by atoms with Gasteiger partial charge in [0.05, 0.1) is 33.3 Å². The van der Waals surface area contributed by atoms with Crippen LogP contribution in [0.15, 0.2) is 52.0 Å². The molecule has 2 aromatic carbocycles. The predicted molar refractivity (Wildman–Crippen MR) is 132 cm³/mol. The van der Waals surface area contributed by atoms with Gasteiger partial charge < -0.3 is 9.73 Å². The van der Waals surface area contributed by atoms with Gasteiger partial charge in [0.15, 0.2) is 5.76 Å². The van der Waals surface area contributed by atoms with Crippen molar-refractivity contribution in [1.82, 2.24) is 5.43 Å². The van der Waals surface area contributed by atoms with Crippen LogP contribution in [-0.4, -0.2) is 22.4 Å². The van der Waals surface area contributed by atoms with Crippen molar-refractivity contribution in [1.29, 1.82) is 0 Å². The molecule has 0 bridgehead atoms. The zero-order chi connectivity index (χ0) is 27.6. The second kappa shape index (κ2) is 10.7. The molecule has 1 aromatic heterocycles. The molecule has 1 heterocycles. The minimum Gasteiger partial charge on any atom is -0.455 e. The third kappa shape index (κ3) is 5.86. The Morgan fingerprint density at radius 1 is 1.16 bits per heavy atom. The molecule has 2 N–H and O–H groups in total. The van der Waals surface area contributed by atoms with Crippen LogP contribution in [0.5, 0.6) is 0 Å². The first-order valence-electron chi connectivity index (χ1n) is 11.3. The molecule has 1 aliphatic rings. The van der Waals surface area contributed by atoms with Gasteiger partial charge in [-0.1, -0.05) is 23.7 Å². The number of carbonyl (C=O) groups excluding carboxylic acids is 2. The van der Waals surface area contributed by atoms with E-state index in [-0.39, 0.29) is 28.6 Å². The summed E-state index contributed by atoms with van der Waals surface area (Å²) in [6.45, 7) is 1.62. The third-order valence-electron chi connectivity index (χ3n) is 5.90. The second-order valence-electron chi connectivity index (χ2n) is 8.55. The summed E-state index contributed by atoms with van der Waals surface area (Å²) >= 11 is 5.99. The molecule has 0 atom stereocenters. The van der Waals surface area contributed by atoms with Crippen LogP contribution in [0.2, 0.25) is 5.02 Å². The highest BCUT2D eigenvalue weighted by molar-refractivity contribution is 6.34. The molecule has 1 aliphatic carbocycles. The van der Waals surface area contributed by atoms with Crippen molar-refractivity contribution in [2.75, 3.05) is 5.32 Å². The number of nitrogens with zero attached hydrogens (tertiary/aromatic N) is 2. The standard InChI is InChI=1S/C25H20ClF3N4O5/c1-13-22-18(31-32-21(34)11-14-5-8-16(9-6-14)33(36)37)3-2-4-20(22)38-23(13)24(35)30-19-12-15(25(27,28)29)7-10-17(19)26/h5-10,12H,2-4,11H2,1H3,(H,30,35)(H,32,34)/b31-18+. The zero-order valence-corrected chi connectivity index (χ0v) is 20.6. The average Bonchev–Trinajstić information content (AvgIpc) is 3.21. The fourth-order valence-corrected chi connectivity index (χ4v) is 4.23. The Hall–Kier alpha value is -4.19. The molecule has 0 saturated carbocycles. The topological polar surface area (TPSA) is 127 Å². The normalized spacial score (nSPS) is 14.2. The van der Waals surface area contributed by atoms with Gasteiger partial charge in [-0.15, -0.1) is 0 Å². The Morgan fingerprint density at radius 3 is 2.53 bits per heavy atom. The summed E-state index contributed by atoms with van der Waals surface area (Å²) in [5.41, 5.74) is 3.21. The molecule has 2 amide bonds. The summed E-state index contributed by atoms with van der Waals surface area (Å²) in [7, 11) is 0. The van der Waals surface area contributed by atoms with E-state index in [4.69, 9.17) is 16.0 Å². The molecule has 13 heteroatoms. The first-order chi connectivity index (χ1) is 17.9. The molecule has 0 fully saturated rings. The largest absolute Gasteiger partial charge is 0.455 e. The molecule has 0 radical (unpaired) electrons. The Morgan fingerprint density at radius 2 is 1.87 bits per heavy atom. The Labute approximate surface area is 218 Å². The van der Waals surface area contributed by atoms with Crippen molar-refractivity contribution < 1.29 is 32.1 Å². The quantitative estimate of drug-likeness (QED) is 0.296. The molecule has 38 heavy (non-hydrogen) atoms. The van der Waals surface area contributed by atoms with E-state index >= 15 is 0 Å². The highest BCUT2D eigenvalue weighted by Gasteiger charge is 2.32. The van der Waals surface area contributed by atoms with Gasteiger partial charge in [0.25, 0.3) is 11.6 Å². The molecule has 0 saturated heterocycles.